The molecule has 0 saturated carbocycles. The number of hydrogen-bond acceptors (Lipinski definition) is 4. The van der Waals surface area contributed by atoms with Gasteiger partial charge < -0.3 is 15.0 Å². The first-order chi connectivity index (χ1) is 14.6. The number of nitrogens with one attached hydrogen (secondary N) is 1. The third kappa shape index (κ3) is 11.6. The van der Waals surface area contributed by atoms with Gasteiger partial charge in [-0.2, -0.15) is 0 Å². The highest BCUT2D eigenvalue weighted by atomic mass is 16.5. The monoisotopic (exact) mass is 424 g/mol. The molecule has 0 aromatic rings. The molecule has 0 aliphatic carbocycles. The minimum Gasteiger partial charge on any atom is -0.466 e. The van der Waals surface area contributed by atoms with Crippen molar-refractivity contribution >= 4 is 17.8 Å². The molecular formula is C24H44N2O4. The zero-order valence-electron chi connectivity index (χ0n) is 19.4. The minimum absolute atomic E-state index is 0.0257. The molecule has 1 N–H and O–H groups in total. The normalized spacial score (nSPS) is 16.4. The molecule has 0 spiro atoms. The van der Waals surface area contributed by atoms with Crippen LogP contribution < -0.4 is 5.32 Å². The summed E-state index contributed by atoms with van der Waals surface area (Å²) in [5, 5.41) is 2.77. The fraction of sp³-hybridized carbons (Fsp3) is 0.875. The van der Waals surface area contributed by atoms with Gasteiger partial charge in [0.15, 0.2) is 0 Å². The molecule has 0 bridgehead atoms. The van der Waals surface area contributed by atoms with Crippen molar-refractivity contribution in [1.29, 1.82) is 0 Å². The molecule has 0 radical (unpaired) electrons. The van der Waals surface area contributed by atoms with Crippen LogP contribution in [0.3, 0.4) is 0 Å². The second kappa shape index (κ2) is 17.1. The summed E-state index contributed by atoms with van der Waals surface area (Å²) in [7, 11) is 0. The summed E-state index contributed by atoms with van der Waals surface area (Å²) in [5.41, 5.74) is 0. The van der Waals surface area contributed by atoms with Crippen LogP contribution in [0.15, 0.2) is 0 Å². The lowest BCUT2D eigenvalue weighted by Crippen LogP contribution is -2.57. The van der Waals surface area contributed by atoms with E-state index in [1.165, 1.54) is 51.4 Å². The summed E-state index contributed by atoms with van der Waals surface area (Å²) < 4.78 is 5.33. The number of carbonyl (C=O) groups excluding carboxylic acids is 3. The van der Waals surface area contributed by atoms with Gasteiger partial charge in [-0.1, -0.05) is 84.5 Å². The molecule has 1 fully saturated rings. The van der Waals surface area contributed by atoms with Crippen LogP contribution in [0.4, 0.5) is 0 Å². The van der Waals surface area contributed by atoms with Crippen molar-refractivity contribution in [1.82, 2.24) is 10.2 Å². The Bertz CT molecular complexity index is 496. The highest BCUT2D eigenvalue weighted by molar-refractivity contribution is 5.91. The summed E-state index contributed by atoms with van der Waals surface area (Å²) in [6, 6.07) is -0.729. The molecule has 1 heterocycles. The van der Waals surface area contributed by atoms with Crippen molar-refractivity contribution in [2.24, 2.45) is 0 Å². The van der Waals surface area contributed by atoms with Crippen molar-refractivity contribution in [2.75, 3.05) is 19.7 Å². The molecule has 1 unspecified atom stereocenters. The number of carbonyl (C=O) groups is 3. The minimum atomic E-state index is -0.729. The van der Waals surface area contributed by atoms with E-state index in [4.69, 9.17) is 4.74 Å². The lowest BCUT2D eigenvalue weighted by molar-refractivity contribution is -0.152. The van der Waals surface area contributed by atoms with Crippen LogP contribution in [0, 0.1) is 0 Å². The van der Waals surface area contributed by atoms with E-state index in [0.29, 0.717) is 26.1 Å². The molecule has 1 rings (SSSR count). The van der Waals surface area contributed by atoms with Gasteiger partial charge in [-0.3, -0.25) is 14.4 Å². The largest absolute Gasteiger partial charge is 0.466 e. The molecule has 1 atom stereocenters. The standard InChI is InChI=1S/C24H44N2O4/c1-3-5-7-9-10-11-13-15-19-30-23(28)20-21-24(29)25-17-18-26(21)22(27)16-14-12-8-6-4-2/h21H,3-20H2,1-2H3,(H,25,29). The van der Waals surface area contributed by atoms with Crippen molar-refractivity contribution in [3.63, 3.8) is 0 Å². The first kappa shape index (κ1) is 26.4. The number of nitrogens with zero attached hydrogens (tertiary/aromatic N) is 1. The summed E-state index contributed by atoms with van der Waals surface area (Å²) in [5.74, 6) is -0.660. The average molecular weight is 425 g/mol. The van der Waals surface area contributed by atoms with Crippen LogP contribution in [0.1, 0.15) is 110 Å². The van der Waals surface area contributed by atoms with Crippen molar-refractivity contribution in [3.8, 4) is 0 Å². The van der Waals surface area contributed by atoms with Gasteiger partial charge in [0.25, 0.3) is 0 Å². The van der Waals surface area contributed by atoms with Gasteiger partial charge in [0.2, 0.25) is 11.8 Å². The summed E-state index contributed by atoms with van der Waals surface area (Å²) in [6.07, 6.45) is 15.3. The van der Waals surface area contributed by atoms with Gasteiger partial charge in [0.05, 0.1) is 13.0 Å². The maximum absolute atomic E-state index is 12.6. The van der Waals surface area contributed by atoms with E-state index in [2.05, 4.69) is 19.2 Å². The van der Waals surface area contributed by atoms with Crippen molar-refractivity contribution in [2.45, 2.75) is 116 Å². The Hall–Kier alpha value is -1.59. The van der Waals surface area contributed by atoms with E-state index in [0.717, 1.165) is 32.1 Å². The zero-order chi connectivity index (χ0) is 22.0. The molecule has 6 nitrogen and oxygen atoms in total. The van der Waals surface area contributed by atoms with Gasteiger partial charge in [0, 0.05) is 19.5 Å². The maximum atomic E-state index is 12.6. The van der Waals surface area contributed by atoms with Gasteiger partial charge in [-0.05, 0) is 12.8 Å². The predicted molar refractivity (Wildman–Crippen MR) is 120 cm³/mol. The van der Waals surface area contributed by atoms with Gasteiger partial charge in [-0.15, -0.1) is 0 Å². The smallest absolute Gasteiger partial charge is 0.308 e. The highest BCUT2D eigenvalue weighted by Gasteiger charge is 2.34. The number of rotatable bonds is 17. The third-order valence-electron chi connectivity index (χ3n) is 5.77. The number of esters is 1. The fourth-order valence-corrected chi connectivity index (χ4v) is 3.88. The zero-order valence-corrected chi connectivity index (χ0v) is 19.4. The van der Waals surface area contributed by atoms with Gasteiger partial charge in [0.1, 0.15) is 6.04 Å². The molecule has 30 heavy (non-hydrogen) atoms. The lowest BCUT2D eigenvalue weighted by atomic mass is 10.1. The summed E-state index contributed by atoms with van der Waals surface area (Å²) >= 11 is 0. The number of amides is 2. The number of hydrogen-bond donors (Lipinski definition) is 1. The first-order valence-corrected chi connectivity index (χ1v) is 12.3. The quantitative estimate of drug-likeness (QED) is 0.270. The van der Waals surface area contributed by atoms with E-state index in [1.54, 1.807) is 4.90 Å². The topological polar surface area (TPSA) is 75.7 Å². The fourth-order valence-electron chi connectivity index (χ4n) is 3.88. The molecule has 1 aliphatic heterocycles. The molecule has 0 aromatic carbocycles. The predicted octanol–water partition coefficient (Wildman–Crippen LogP) is 4.75. The van der Waals surface area contributed by atoms with Crippen molar-refractivity contribution < 1.29 is 19.1 Å². The second-order valence-corrected chi connectivity index (χ2v) is 8.46. The Labute approximate surface area is 183 Å². The Morgan fingerprint density at radius 2 is 1.47 bits per heavy atom. The Kier molecular flexibility index (Phi) is 15.1. The van der Waals surface area contributed by atoms with E-state index in [-0.39, 0.29) is 24.2 Å². The van der Waals surface area contributed by atoms with E-state index in [9.17, 15) is 14.4 Å². The molecule has 0 aromatic heterocycles. The molecule has 174 valence electrons. The molecule has 1 saturated heterocycles. The number of piperazine rings is 1. The second-order valence-electron chi connectivity index (χ2n) is 8.46. The Morgan fingerprint density at radius 3 is 2.10 bits per heavy atom. The number of unbranched alkanes of at least 4 members (excludes halogenated alkanes) is 11. The van der Waals surface area contributed by atoms with E-state index < -0.39 is 6.04 Å². The Balaban J connectivity index is 2.27. The maximum Gasteiger partial charge on any atom is 0.308 e. The van der Waals surface area contributed by atoms with E-state index >= 15 is 0 Å². The van der Waals surface area contributed by atoms with Crippen LogP contribution in [0.2, 0.25) is 0 Å². The lowest BCUT2D eigenvalue weighted by Gasteiger charge is -2.34. The SMILES string of the molecule is CCCCCCCCCCOC(=O)CC1C(=O)NCCN1C(=O)CCCCCCC. The molecule has 2 amide bonds. The van der Waals surface area contributed by atoms with Gasteiger partial charge >= 0.3 is 5.97 Å². The number of ether oxygens (including phenoxy) is 1. The van der Waals surface area contributed by atoms with Crippen LogP contribution >= 0.6 is 0 Å². The summed E-state index contributed by atoms with van der Waals surface area (Å²) in [4.78, 5) is 38.7. The van der Waals surface area contributed by atoms with Crippen LogP contribution in [0.5, 0.6) is 0 Å². The average Bonchev–Trinajstić information content (AvgIpc) is 2.73. The van der Waals surface area contributed by atoms with Crippen LogP contribution in [-0.4, -0.2) is 48.4 Å². The van der Waals surface area contributed by atoms with Gasteiger partial charge in [-0.25, -0.2) is 0 Å². The van der Waals surface area contributed by atoms with Crippen LogP contribution in [0.25, 0.3) is 0 Å². The first-order valence-electron chi connectivity index (χ1n) is 12.3. The van der Waals surface area contributed by atoms with Crippen molar-refractivity contribution in [3.05, 3.63) is 0 Å². The molecule has 1 aliphatic rings. The summed E-state index contributed by atoms with van der Waals surface area (Å²) in [6.45, 7) is 5.69. The van der Waals surface area contributed by atoms with E-state index in [1.807, 2.05) is 0 Å². The Morgan fingerprint density at radius 1 is 0.900 bits per heavy atom. The molecule has 6 heteroatoms. The highest BCUT2D eigenvalue weighted by Crippen LogP contribution is 2.15. The molecular weight excluding hydrogens is 380 g/mol. The van der Waals surface area contributed by atoms with Crippen LogP contribution in [-0.2, 0) is 19.1 Å². The third-order valence-corrected chi connectivity index (χ3v) is 5.77.